The quantitative estimate of drug-likeness (QED) is 0.0172. The van der Waals surface area contributed by atoms with Crippen molar-refractivity contribution in [1.82, 2.24) is 21.3 Å². The van der Waals surface area contributed by atoms with Crippen LogP contribution in [0, 0.1) is 0 Å². The topological polar surface area (TPSA) is 271 Å². The van der Waals surface area contributed by atoms with Gasteiger partial charge >= 0.3 is 11.9 Å². The second kappa shape index (κ2) is 64.8. The Balaban J connectivity index is -0.00000189. The van der Waals surface area contributed by atoms with Crippen LogP contribution in [-0.2, 0) is 52.5 Å². The molecule has 0 heterocycles. The number of carbonyl (C=O) groups excluding carboxylic acids is 5. The number of carboxylic acid groups (broad SMARTS) is 2. The van der Waals surface area contributed by atoms with Crippen LogP contribution in [0.5, 0.6) is 0 Å². The number of ether oxygens (including phenoxy) is 4. The number of nitrogens with two attached hydrogens (primary N) is 1. The lowest BCUT2D eigenvalue weighted by Crippen LogP contribution is -2.41. The molecule has 0 saturated heterocycles. The minimum Gasteiger partial charge on any atom is -0.481 e. The number of aldehydes is 1. The maximum absolute atomic E-state index is 12.3. The lowest BCUT2D eigenvalue weighted by molar-refractivity contribution is -0.142. The smallest absolute Gasteiger partial charge is 0.326 e. The fourth-order valence-electron chi connectivity index (χ4n) is 6.12. The van der Waals surface area contributed by atoms with Gasteiger partial charge in [-0.2, -0.15) is 0 Å². The zero-order valence-electron chi connectivity index (χ0n) is 45.1. The van der Waals surface area contributed by atoms with Crippen molar-refractivity contribution in [2.24, 2.45) is 5.73 Å². The Kier molecular flexibility index (Phi) is 68.6. The minimum absolute atomic E-state index is 0.0236. The molecule has 22 heteroatoms. The van der Waals surface area contributed by atoms with Crippen molar-refractivity contribution in [2.45, 2.75) is 180 Å². The van der Waals surface area contributed by atoms with Crippen LogP contribution < -0.4 is 27.0 Å². The van der Waals surface area contributed by atoms with E-state index in [0.717, 1.165) is 51.4 Å². The number of hydrogen-bond acceptors (Lipinski definition) is 16. The standard InChI is InChI=1S/C43H79N5O13.C3H8.2C2H6S2/c44-36(33-49)19-17-18-24-45-40(52)34-60-31-30-59-28-26-47-41(53)35-61-32-29-58-27-25-46-38(50)23-22-37(43(56)57)48-39(51)20-15-13-11-9-7-5-3-1-2-4-6-8-10-12-14-16-21-42(54)55;1-3-2;2*1-3-4-2/h33,36-37H,1-32,34-35,44H2,(H,45,52)(H,46,50)(H,47,53)(H,48,51)(H,54,55)(H,56,57);3H2,1-2H3;2*1-2H3. The van der Waals surface area contributed by atoms with Crippen molar-refractivity contribution >= 4 is 85.0 Å². The Morgan fingerprint density at radius 2 is 0.847 bits per heavy atom. The molecule has 0 aromatic rings. The van der Waals surface area contributed by atoms with E-state index in [2.05, 4.69) is 60.1 Å². The summed E-state index contributed by atoms with van der Waals surface area (Å²) in [5.74, 6) is -3.12. The molecule has 0 aliphatic carbocycles. The SMILES string of the molecule is CCC.CSSC.CSSC.NC(C=O)CCCCNC(=O)COCCOCCNC(=O)COCCOCCNC(=O)CCC(NC(=O)CCCCCCCCCCCCCCCCCCC(=O)O)C(=O)O. The van der Waals surface area contributed by atoms with Crippen molar-refractivity contribution in [1.29, 1.82) is 0 Å². The van der Waals surface area contributed by atoms with Gasteiger partial charge in [-0.25, -0.2) is 4.79 Å². The van der Waals surface area contributed by atoms with Gasteiger partial charge in [0.2, 0.25) is 23.6 Å². The molecule has 18 nitrogen and oxygen atoms in total. The van der Waals surface area contributed by atoms with E-state index in [9.17, 15) is 38.7 Å². The van der Waals surface area contributed by atoms with Crippen LogP contribution >= 0.6 is 43.2 Å². The summed E-state index contributed by atoms with van der Waals surface area (Å²) < 4.78 is 21.3. The molecule has 8 N–H and O–H groups in total. The van der Waals surface area contributed by atoms with Gasteiger partial charge in [0.1, 0.15) is 25.5 Å². The molecule has 0 aromatic heterocycles. The summed E-state index contributed by atoms with van der Waals surface area (Å²) in [6.07, 6.45) is 30.5. The first-order valence-electron chi connectivity index (χ1n) is 26.0. The van der Waals surface area contributed by atoms with Crippen LogP contribution in [0.1, 0.15) is 168 Å². The maximum atomic E-state index is 12.3. The third-order valence-corrected chi connectivity index (χ3v) is 12.6. The molecule has 0 fully saturated rings. The molecule has 0 saturated carbocycles. The van der Waals surface area contributed by atoms with Gasteiger partial charge in [-0.1, -0.05) is 153 Å². The summed E-state index contributed by atoms with van der Waals surface area (Å²) in [6, 6.07) is -1.60. The Labute approximate surface area is 450 Å². The monoisotopic (exact) mass is 1110 g/mol. The van der Waals surface area contributed by atoms with E-state index in [1.165, 1.54) is 64.2 Å². The highest BCUT2D eigenvalue weighted by Gasteiger charge is 2.21. The summed E-state index contributed by atoms with van der Waals surface area (Å²) in [5, 5.41) is 28.7. The Bertz CT molecular complexity index is 1260. The van der Waals surface area contributed by atoms with Crippen molar-refractivity contribution in [3.05, 3.63) is 0 Å². The number of amides is 4. The van der Waals surface area contributed by atoms with Crippen molar-refractivity contribution in [3.8, 4) is 0 Å². The summed E-state index contributed by atoms with van der Waals surface area (Å²) in [5.41, 5.74) is 5.51. The van der Waals surface area contributed by atoms with Gasteiger partial charge in [-0.3, -0.25) is 24.0 Å². The van der Waals surface area contributed by atoms with Crippen LogP contribution in [0.3, 0.4) is 0 Å². The molecule has 0 aromatic carbocycles. The predicted molar refractivity (Wildman–Crippen MR) is 300 cm³/mol. The summed E-state index contributed by atoms with van der Waals surface area (Å²) in [4.78, 5) is 80.8. The summed E-state index contributed by atoms with van der Waals surface area (Å²) >= 11 is 0. The van der Waals surface area contributed by atoms with Gasteiger partial charge in [-0.15, -0.1) is 0 Å². The lowest BCUT2D eigenvalue weighted by atomic mass is 10.0. The lowest BCUT2D eigenvalue weighted by Gasteiger charge is -2.14. The minimum atomic E-state index is -1.18. The van der Waals surface area contributed by atoms with E-state index in [4.69, 9.17) is 29.8 Å². The van der Waals surface area contributed by atoms with Crippen LogP contribution in [0.4, 0.5) is 0 Å². The Morgan fingerprint density at radius 1 is 0.472 bits per heavy atom. The Morgan fingerprint density at radius 3 is 1.24 bits per heavy atom. The van der Waals surface area contributed by atoms with Gasteiger partial charge in [0.15, 0.2) is 0 Å². The maximum Gasteiger partial charge on any atom is 0.326 e. The summed E-state index contributed by atoms with van der Waals surface area (Å²) in [6.45, 7) is 6.30. The van der Waals surface area contributed by atoms with Gasteiger partial charge in [0.25, 0.3) is 0 Å². The first-order valence-corrected chi connectivity index (χ1v) is 31.9. The molecule has 0 aliphatic heterocycles. The van der Waals surface area contributed by atoms with Crippen LogP contribution in [0.15, 0.2) is 0 Å². The number of carboxylic acids is 2. The van der Waals surface area contributed by atoms with Crippen molar-refractivity contribution < 1.29 is 62.7 Å². The van der Waals surface area contributed by atoms with E-state index in [-0.39, 0.29) is 115 Å². The zero-order chi connectivity index (χ0) is 54.6. The molecule has 72 heavy (non-hydrogen) atoms. The van der Waals surface area contributed by atoms with E-state index in [0.29, 0.717) is 25.7 Å². The largest absolute Gasteiger partial charge is 0.481 e. The number of hydrogen-bond donors (Lipinski definition) is 7. The first kappa shape index (κ1) is 76.2. The number of rotatable bonds is 48. The zero-order valence-corrected chi connectivity index (χ0v) is 48.3. The first-order chi connectivity index (χ1) is 34.8. The number of aliphatic carboxylic acids is 2. The van der Waals surface area contributed by atoms with Gasteiger partial charge in [-0.05, 0) is 63.5 Å². The average molecular weight is 1110 g/mol. The normalized spacial score (nSPS) is 11.3. The number of nitrogens with one attached hydrogen (secondary N) is 4. The Hall–Kier alpha value is -2.31. The summed E-state index contributed by atoms with van der Waals surface area (Å²) in [7, 11) is 7.09. The molecule has 0 bridgehead atoms. The second-order valence-electron chi connectivity index (χ2n) is 16.6. The molecule has 4 amide bonds. The van der Waals surface area contributed by atoms with Crippen molar-refractivity contribution in [3.63, 3.8) is 0 Å². The molecule has 0 rings (SSSR count). The predicted octanol–water partition coefficient (Wildman–Crippen LogP) is 8.23. The van der Waals surface area contributed by atoms with Gasteiger partial charge in [0.05, 0.1) is 45.7 Å². The number of unbranched alkanes of at least 4 members (excludes halogenated alkanes) is 16. The molecule has 2 atom stereocenters. The fraction of sp³-hybridized carbons (Fsp3) is 0.860. The highest BCUT2D eigenvalue weighted by molar-refractivity contribution is 8.76. The molecular formula is C50H99N5O13S4. The highest BCUT2D eigenvalue weighted by Crippen LogP contribution is 2.15. The molecule has 0 aliphatic rings. The molecule has 0 spiro atoms. The van der Waals surface area contributed by atoms with Crippen LogP contribution in [0.25, 0.3) is 0 Å². The van der Waals surface area contributed by atoms with Crippen LogP contribution in [-0.4, -0.2) is 162 Å². The van der Waals surface area contributed by atoms with E-state index in [1.807, 2.05) is 0 Å². The molecule has 0 radical (unpaired) electrons. The third kappa shape index (κ3) is 69.8. The molecular weight excluding hydrogens is 1010 g/mol. The highest BCUT2D eigenvalue weighted by atomic mass is 33.1. The average Bonchev–Trinajstić information content (AvgIpc) is 3.36. The third-order valence-electron chi connectivity index (χ3n) is 9.98. The second-order valence-corrected chi connectivity index (χ2v) is 21.9. The van der Waals surface area contributed by atoms with E-state index < -0.39 is 24.0 Å². The van der Waals surface area contributed by atoms with Crippen LogP contribution in [0.2, 0.25) is 0 Å². The fourth-order valence-corrected chi connectivity index (χ4v) is 6.12. The number of carbonyl (C=O) groups is 7. The van der Waals surface area contributed by atoms with E-state index in [1.54, 1.807) is 43.2 Å². The van der Waals surface area contributed by atoms with Gasteiger partial charge < -0.3 is 61.0 Å². The molecule has 2 unspecified atom stereocenters. The van der Waals surface area contributed by atoms with E-state index >= 15 is 0 Å². The van der Waals surface area contributed by atoms with Gasteiger partial charge in [0, 0.05) is 38.9 Å². The van der Waals surface area contributed by atoms with Crippen molar-refractivity contribution in [2.75, 3.05) is 97.5 Å². The molecule has 426 valence electrons.